The smallest absolute Gasteiger partial charge is 0.363 e. The Labute approximate surface area is 69.4 Å². The van der Waals surface area contributed by atoms with Gasteiger partial charge in [0.1, 0.15) is 6.26 Å². The number of hydrogen-bond acceptors (Lipinski definition) is 5. The summed E-state index contributed by atoms with van der Waals surface area (Å²) in [5.74, 6) is 0.307. The third-order valence-electron chi connectivity index (χ3n) is 1.17. The molecular weight excluding hydrogens is 183 g/mol. The normalized spacial score (nSPS) is 11.5. The van der Waals surface area contributed by atoms with Gasteiger partial charge in [-0.25, -0.2) is 4.57 Å². The van der Waals surface area contributed by atoms with Crippen molar-refractivity contribution in [3.05, 3.63) is 12.3 Å². The van der Waals surface area contributed by atoms with Crippen LogP contribution in [0.15, 0.2) is 16.9 Å². The third-order valence-corrected chi connectivity index (χ3v) is 2.63. The van der Waals surface area contributed by atoms with Gasteiger partial charge in [0.2, 0.25) is 0 Å². The van der Waals surface area contributed by atoms with Crippen LogP contribution in [0.1, 0.15) is 0 Å². The average molecular weight is 192 g/mol. The van der Waals surface area contributed by atoms with Crippen molar-refractivity contribution in [2.24, 2.45) is 0 Å². The van der Waals surface area contributed by atoms with Crippen molar-refractivity contribution >= 4 is 13.6 Å². The van der Waals surface area contributed by atoms with E-state index in [2.05, 4.69) is 23.8 Å². The Balaban J connectivity index is 2.67. The van der Waals surface area contributed by atoms with Gasteiger partial charge in [0.25, 0.3) is 0 Å². The van der Waals surface area contributed by atoms with Gasteiger partial charge < -0.3 is 4.52 Å². The lowest BCUT2D eigenvalue weighted by Crippen LogP contribution is -2.00. The highest BCUT2D eigenvalue weighted by Crippen LogP contribution is 2.45. The first-order valence-electron chi connectivity index (χ1n) is 3.10. The van der Waals surface area contributed by atoms with Crippen molar-refractivity contribution < 1.29 is 18.1 Å². The monoisotopic (exact) mass is 192 g/mol. The van der Waals surface area contributed by atoms with Gasteiger partial charge in [-0.15, -0.1) is 0 Å². The molecule has 1 heterocycles. The molecule has 0 unspecified atom stereocenters. The standard InChI is InChI=1S/C5H9N2O4P/c1-9-12(8,10-2)7-5-3-4-11-6-5/h3-4H,1-2H3,(H,6,7,8). The largest absolute Gasteiger partial charge is 0.433 e. The Bertz CT molecular complexity index is 265. The number of nitrogens with zero attached hydrogens (tertiary/aromatic N) is 1. The van der Waals surface area contributed by atoms with E-state index >= 15 is 0 Å². The molecule has 6 nitrogen and oxygen atoms in total. The molecule has 1 N–H and O–H groups in total. The minimum absolute atomic E-state index is 0.307. The van der Waals surface area contributed by atoms with Gasteiger partial charge in [0.15, 0.2) is 5.82 Å². The molecule has 0 aliphatic heterocycles. The van der Waals surface area contributed by atoms with Crippen molar-refractivity contribution in [2.75, 3.05) is 19.3 Å². The predicted octanol–water partition coefficient (Wildman–Crippen LogP) is 1.49. The molecule has 0 radical (unpaired) electrons. The first kappa shape index (κ1) is 9.25. The molecule has 0 fully saturated rings. The topological polar surface area (TPSA) is 73.6 Å². The first-order chi connectivity index (χ1) is 5.70. The fourth-order valence-electron chi connectivity index (χ4n) is 0.576. The summed E-state index contributed by atoms with van der Waals surface area (Å²) in [5.41, 5.74) is 0. The second-order valence-corrected chi connectivity index (χ2v) is 3.81. The zero-order chi connectivity index (χ0) is 9.03. The number of hydrogen-bond donors (Lipinski definition) is 1. The number of nitrogens with one attached hydrogen (secondary N) is 1. The molecule has 1 rings (SSSR count). The van der Waals surface area contributed by atoms with E-state index in [1.165, 1.54) is 26.5 Å². The van der Waals surface area contributed by atoms with Crippen LogP contribution in [0, 0.1) is 0 Å². The molecule has 0 spiro atoms. The van der Waals surface area contributed by atoms with Gasteiger partial charge in [-0.2, -0.15) is 0 Å². The van der Waals surface area contributed by atoms with Gasteiger partial charge in [0, 0.05) is 20.3 Å². The van der Waals surface area contributed by atoms with Crippen molar-refractivity contribution in [3.63, 3.8) is 0 Å². The van der Waals surface area contributed by atoms with Crippen LogP contribution in [0.3, 0.4) is 0 Å². The van der Waals surface area contributed by atoms with Gasteiger partial charge >= 0.3 is 7.75 Å². The minimum Gasteiger partial charge on any atom is -0.363 e. The number of anilines is 1. The maximum atomic E-state index is 11.4. The summed E-state index contributed by atoms with van der Waals surface area (Å²) in [6, 6.07) is 1.50. The van der Waals surface area contributed by atoms with E-state index in [0.29, 0.717) is 5.82 Å². The maximum absolute atomic E-state index is 11.4. The lowest BCUT2D eigenvalue weighted by molar-refractivity contribution is 0.281. The van der Waals surface area contributed by atoms with E-state index in [0.717, 1.165) is 0 Å². The summed E-state index contributed by atoms with van der Waals surface area (Å²) >= 11 is 0. The Hall–Kier alpha value is -0.840. The lowest BCUT2D eigenvalue weighted by Gasteiger charge is -2.12. The molecular formula is C5H9N2O4P. The van der Waals surface area contributed by atoms with E-state index in [4.69, 9.17) is 0 Å². The summed E-state index contributed by atoms with van der Waals surface area (Å²) in [4.78, 5) is 0. The average Bonchev–Trinajstić information content (AvgIpc) is 2.57. The van der Waals surface area contributed by atoms with Crippen LogP contribution in [0.2, 0.25) is 0 Å². The SMILES string of the molecule is COP(=O)(Nc1ccon1)OC. The fraction of sp³-hybridized carbons (Fsp3) is 0.400. The Morgan fingerprint density at radius 1 is 1.58 bits per heavy atom. The molecule has 0 aromatic carbocycles. The highest BCUT2D eigenvalue weighted by molar-refractivity contribution is 7.55. The molecule has 7 heteroatoms. The molecule has 0 saturated carbocycles. The lowest BCUT2D eigenvalue weighted by atomic mass is 10.7. The zero-order valence-electron chi connectivity index (χ0n) is 6.68. The van der Waals surface area contributed by atoms with Crippen molar-refractivity contribution in [3.8, 4) is 0 Å². The van der Waals surface area contributed by atoms with Crippen LogP contribution in [0.25, 0.3) is 0 Å². The highest BCUT2D eigenvalue weighted by atomic mass is 31.2. The molecule has 0 atom stereocenters. The van der Waals surface area contributed by atoms with Gasteiger partial charge in [-0.1, -0.05) is 5.16 Å². The molecule has 12 heavy (non-hydrogen) atoms. The molecule has 0 aliphatic rings. The Morgan fingerprint density at radius 3 is 2.67 bits per heavy atom. The predicted molar refractivity (Wildman–Crippen MR) is 41.8 cm³/mol. The van der Waals surface area contributed by atoms with Crippen LogP contribution in [0.4, 0.5) is 5.82 Å². The molecule has 0 bridgehead atoms. The zero-order valence-corrected chi connectivity index (χ0v) is 7.58. The van der Waals surface area contributed by atoms with Crippen LogP contribution in [-0.2, 0) is 13.6 Å². The van der Waals surface area contributed by atoms with Gasteiger partial charge in [-0.3, -0.25) is 14.1 Å². The van der Waals surface area contributed by atoms with Crippen molar-refractivity contribution in [1.29, 1.82) is 0 Å². The molecule has 0 aliphatic carbocycles. The summed E-state index contributed by atoms with van der Waals surface area (Å²) in [7, 11) is -0.692. The van der Waals surface area contributed by atoms with Gasteiger partial charge in [0.05, 0.1) is 0 Å². The van der Waals surface area contributed by atoms with Gasteiger partial charge in [-0.05, 0) is 0 Å². The number of rotatable bonds is 4. The minimum atomic E-state index is -3.24. The van der Waals surface area contributed by atoms with E-state index in [1.807, 2.05) is 0 Å². The van der Waals surface area contributed by atoms with E-state index in [1.54, 1.807) is 0 Å². The van der Waals surface area contributed by atoms with E-state index in [-0.39, 0.29) is 0 Å². The maximum Gasteiger partial charge on any atom is 0.433 e. The summed E-state index contributed by atoms with van der Waals surface area (Å²) in [6.45, 7) is 0. The highest BCUT2D eigenvalue weighted by Gasteiger charge is 2.21. The summed E-state index contributed by atoms with van der Waals surface area (Å²) < 4.78 is 25.1. The molecule has 68 valence electrons. The second-order valence-electron chi connectivity index (χ2n) is 1.86. The third kappa shape index (κ3) is 2.07. The number of aromatic nitrogens is 1. The van der Waals surface area contributed by atoms with E-state index in [9.17, 15) is 4.57 Å². The van der Waals surface area contributed by atoms with Crippen LogP contribution in [-0.4, -0.2) is 19.4 Å². The summed E-state index contributed by atoms with van der Waals surface area (Å²) in [5, 5.41) is 5.92. The molecule has 1 aromatic rings. The van der Waals surface area contributed by atoms with E-state index < -0.39 is 7.75 Å². The fourth-order valence-corrected chi connectivity index (χ4v) is 1.30. The van der Waals surface area contributed by atoms with Crippen LogP contribution in [0.5, 0.6) is 0 Å². The van der Waals surface area contributed by atoms with Crippen LogP contribution >= 0.6 is 7.75 Å². The summed E-state index contributed by atoms with van der Waals surface area (Å²) in [6.07, 6.45) is 1.35. The van der Waals surface area contributed by atoms with Crippen molar-refractivity contribution in [2.45, 2.75) is 0 Å². The van der Waals surface area contributed by atoms with Crippen LogP contribution < -0.4 is 5.09 Å². The molecule has 0 saturated heterocycles. The second kappa shape index (κ2) is 3.71. The molecule has 1 aromatic heterocycles. The Kier molecular flexibility index (Phi) is 2.86. The molecule has 0 amide bonds. The first-order valence-corrected chi connectivity index (χ1v) is 4.64. The van der Waals surface area contributed by atoms with Crippen molar-refractivity contribution in [1.82, 2.24) is 5.16 Å². The quantitative estimate of drug-likeness (QED) is 0.728. The Morgan fingerprint density at radius 2 is 2.25 bits per heavy atom.